The van der Waals surface area contributed by atoms with E-state index in [-0.39, 0.29) is 0 Å². The lowest BCUT2D eigenvalue weighted by molar-refractivity contribution is 0.941. The van der Waals surface area contributed by atoms with Crippen LogP contribution in [0.2, 0.25) is 5.02 Å². The van der Waals surface area contributed by atoms with Crippen molar-refractivity contribution in [3.63, 3.8) is 0 Å². The molecule has 1 aliphatic heterocycles. The Morgan fingerprint density at radius 1 is 1.19 bits per heavy atom. The minimum atomic E-state index is 0.649. The van der Waals surface area contributed by atoms with Crippen LogP contribution in [-0.4, -0.2) is 14.9 Å². The van der Waals surface area contributed by atoms with Crippen LogP contribution >= 0.6 is 35.1 Å². The standard InChI is InChI=1S/C12H14ClNS2/c1-7-6-10(13)4-5-11(7)14-12-15-8(2)9(3)16-12/h4-6,8-9H,1-3H3. The van der Waals surface area contributed by atoms with Gasteiger partial charge in [0, 0.05) is 15.5 Å². The number of hydrogen-bond acceptors (Lipinski definition) is 3. The molecule has 0 radical (unpaired) electrons. The Balaban J connectivity index is 2.23. The van der Waals surface area contributed by atoms with Crippen LogP contribution in [0.3, 0.4) is 0 Å². The molecule has 0 bridgehead atoms. The first-order valence-corrected chi connectivity index (χ1v) is 7.38. The summed E-state index contributed by atoms with van der Waals surface area (Å²) in [6.07, 6.45) is 0. The summed E-state index contributed by atoms with van der Waals surface area (Å²) in [4.78, 5) is 4.68. The molecule has 86 valence electrons. The molecule has 1 heterocycles. The quantitative estimate of drug-likeness (QED) is 0.721. The number of halogens is 1. The smallest absolute Gasteiger partial charge is 0.131 e. The lowest BCUT2D eigenvalue weighted by Crippen LogP contribution is -2.04. The Kier molecular flexibility index (Phi) is 3.88. The van der Waals surface area contributed by atoms with Gasteiger partial charge in [0.2, 0.25) is 0 Å². The van der Waals surface area contributed by atoms with E-state index in [0.29, 0.717) is 10.5 Å². The van der Waals surface area contributed by atoms with Gasteiger partial charge in [-0.25, -0.2) is 4.99 Å². The minimum absolute atomic E-state index is 0.649. The highest BCUT2D eigenvalue weighted by atomic mass is 35.5. The molecule has 0 N–H and O–H groups in total. The van der Waals surface area contributed by atoms with Crippen LogP contribution in [0.25, 0.3) is 0 Å². The zero-order chi connectivity index (χ0) is 11.7. The topological polar surface area (TPSA) is 12.4 Å². The van der Waals surface area contributed by atoms with E-state index in [1.807, 2.05) is 48.6 Å². The number of hydrogen-bond donors (Lipinski definition) is 0. The Bertz CT molecular complexity index is 419. The molecular weight excluding hydrogens is 258 g/mol. The first kappa shape index (κ1) is 12.3. The predicted molar refractivity (Wildman–Crippen MR) is 77.4 cm³/mol. The highest BCUT2D eigenvalue weighted by molar-refractivity contribution is 8.42. The second-order valence-electron chi connectivity index (χ2n) is 3.95. The third-order valence-electron chi connectivity index (χ3n) is 2.61. The normalized spacial score (nSPS) is 24.9. The molecule has 0 aromatic heterocycles. The Morgan fingerprint density at radius 2 is 1.81 bits per heavy atom. The second-order valence-corrected chi connectivity index (χ2v) is 7.38. The van der Waals surface area contributed by atoms with E-state index in [1.54, 1.807) is 0 Å². The van der Waals surface area contributed by atoms with Gasteiger partial charge in [-0.15, -0.1) is 0 Å². The van der Waals surface area contributed by atoms with E-state index in [1.165, 1.54) is 4.38 Å². The summed E-state index contributed by atoms with van der Waals surface area (Å²) in [6.45, 7) is 6.54. The van der Waals surface area contributed by atoms with Gasteiger partial charge in [-0.2, -0.15) is 0 Å². The Labute approximate surface area is 110 Å². The minimum Gasteiger partial charge on any atom is -0.235 e. The maximum absolute atomic E-state index is 5.92. The molecule has 0 amide bonds. The van der Waals surface area contributed by atoms with E-state index in [9.17, 15) is 0 Å². The summed E-state index contributed by atoms with van der Waals surface area (Å²) in [7, 11) is 0. The van der Waals surface area contributed by atoms with E-state index in [0.717, 1.165) is 16.3 Å². The van der Waals surface area contributed by atoms with Crippen LogP contribution in [0.4, 0.5) is 5.69 Å². The second kappa shape index (κ2) is 5.03. The van der Waals surface area contributed by atoms with Crippen molar-refractivity contribution < 1.29 is 0 Å². The molecule has 2 unspecified atom stereocenters. The molecular formula is C12H14ClNS2. The van der Waals surface area contributed by atoms with Crippen molar-refractivity contribution in [2.24, 2.45) is 4.99 Å². The molecule has 4 heteroatoms. The average Bonchev–Trinajstić information content (AvgIpc) is 2.51. The fourth-order valence-corrected chi connectivity index (χ4v) is 4.45. The van der Waals surface area contributed by atoms with Crippen molar-refractivity contribution in [3.8, 4) is 0 Å². The third kappa shape index (κ3) is 2.76. The molecule has 1 nitrogen and oxygen atoms in total. The van der Waals surface area contributed by atoms with Crippen molar-refractivity contribution in [3.05, 3.63) is 28.8 Å². The van der Waals surface area contributed by atoms with E-state index in [4.69, 9.17) is 11.6 Å². The molecule has 0 spiro atoms. The Hall–Kier alpha value is -0.120. The molecule has 1 aliphatic rings. The van der Waals surface area contributed by atoms with Gasteiger partial charge in [-0.1, -0.05) is 49.0 Å². The summed E-state index contributed by atoms with van der Waals surface area (Å²) in [5.41, 5.74) is 2.16. The van der Waals surface area contributed by atoms with Gasteiger partial charge in [-0.3, -0.25) is 0 Å². The maximum Gasteiger partial charge on any atom is 0.131 e. The van der Waals surface area contributed by atoms with Gasteiger partial charge in [0.05, 0.1) is 5.69 Å². The molecule has 1 aromatic carbocycles. The first-order valence-electron chi connectivity index (χ1n) is 5.24. The van der Waals surface area contributed by atoms with E-state index >= 15 is 0 Å². The number of thioether (sulfide) groups is 2. The van der Waals surface area contributed by atoms with E-state index < -0.39 is 0 Å². The van der Waals surface area contributed by atoms with Gasteiger partial charge in [0.25, 0.3) is 0 Å². The first-order chi connectivity index (χ1) is 7.56. The van der Waals surface area contributed by atoms with Crippen LogP contribution in [0, 0.1) is 6.92 Å². The fourth-order valence-electron chi connectivity index (χ4n) is 1.43. The van der Waals surface area contributed by atoms with Gasteiger partial charge in [-0.05, 0) is 30.7 Å². The highest BCUT2D eigenvalue weighted by Gasteiger charge is 2.26. The monoisotopic (exact) mass is 271 g/mol. The van der Waals surface area contributed by atoms with Crippen LogP contribution in [0.1, 0.15) is 19.4 Å². The van der Waals surface area contributed by atoms with Crippen LogP contribution in [0.15, 0.2) is 23.2 Å². The number of aryl methyl sites for hydroxylation is 1. The summed E-state index contributed by atoms with van der Waals surface area (Å²) >= 11 is 9.64. The number of rotatable bonds is 1. The van der Waals surface area contributed by atoms with Gasteiger partial charge >= 0.3 is 0 Å². The lowest BCUT2D eigenvalue weighted by atomic mass is 10.2. The molecule has 0 saturated carbocycles. The maximum atomic E-state index is 5.92. The largest absolute Gasteiger partial charge is 0.235 e. The summed E-state index contributed by atoms with van der Waals surface area (Å²) in [6, 6.07) is 5.84. The lowest BCUT2D eigenvalue weighted by Gasteiger charge is -2.01. The molecule has 1 saturated heterocycles. The molecule has 2 atom stereocenters. The van der Waals surface area contributed by atoms with Crippen molar-refractivity contribution >= 4 is 45.2 Å². The molecule has 1 fully saturated rings. The molecule has 2 rings (SSSR count). The van der Waals surface area contributed by atoms with Crippen LogP contribution in [0.5, 0.6) is 0 Å². The van der Waals surface area contributed by atoms with Crippen molar-refractivity contribution in [1.82, 2.24) is 0 Å². The third-order valence-corrected chi connectivity index (χ3v) is 5.74. The van der Waals surface area contributed by atoms with Gasteiger partial charge in [0.1, 0.15) is 4.38 Å². The van der Waals surface area contributed by atoms with Gasteiger partial charge in [0.15, 0.2) is 0 Å². The number of nitrogens with zero attached hydrogens (tertiary/aromatic N) is 1. The molecule has 16 heavy (non-hydrogen) atoms. The van der Waals surface area contributed by atoms with Crippen LogP contribution in [-0.2, 0) is 0 Å². The summed E-state index contributed by atoms with van der Waals surface area (Å²) in [5, 5.41) is 2.07. The van der Waals surface area contributed by atoms with Crippen molar-refractivity contribution in [1.29, 1.82) is 0 Å². The summed E-state index contributed by atoms with van der Waals surface area (Å²) in [5.74, 6) is 0. The molecule has 0 aliphatic carbocycles. The van der Waals surface area contributed by atoms with E-state index in [2.05, 4.69) is 18.8 Å². The average molecular weight is 272 g/mol. The van der Waals surface area contributed by atoms with Crippen LogP contribution < -0.4 is 0 Å². The van der Waals surface area contributed by atoms with Gasteiger partial charge < -0.3 is 0 Å². The summed E-state index contributed by atoms with van der Waals surface area (Å²) < 4.78 is 1.17. The molecule has 1 aromatic rings. The van der Waals surface area contributed by atoms with Crippen molar-refractivity contribution in [2.75, 3.05) is 0 Å². The predicted octanol–water partition coefficient (Wildman–Crippen LogP) is 4.89. The number of aliphatic imine (C=N–C) groups is 1. The zero-order valence-electron chi connectivity index (χ0n) is 9.53. The highest BCUT2D eigenvalue weighted by Crippen LogP contribution is 2.40. The zero-order valence-corrected chi connectivity index (χ0v) is 11.9. The Morgan fingerprint density at radius 3 is 2.38 bits per heavy atom. The number of benzene rings is 1. The SMILES string of the molecule is Cc1cc(Cl)ccc1N=C1SC(C)C(C)S1. The fraction of sp³-hybridized carbons (Fsp3) is 0.417. The van der Waals surface area contributed by atoms with Crippen molar-refractivity contribution in [2.45, 2.75) is 31.3 Å².